The summed E-state index contributed by atoms with van der Waals surface area (Å²) in [6.45, 7) is 0. The highest BCUT2D eigenvalue weighted by Crippen LogP contribution is 2.44. The van der Waals surface area contributed by atoms with Crippen molar-refractivity contribution in [1.29, 1.82) is 0 Å². The lowest BCUT2D eigenvalue weighted by atomic mass is 9.93. The van der Waals surface area contributed by atoms with Crippen LogP contribution in [0.2, 0.25) is 5.02 Å². The quantitative estimate of drug-likeness (QED) is 0.799. The molecule has 2 fully saturated rings. The van der Waals surface area contributed by atoms with Crippen molar-refractivity contribution in [3.05, 3.63) is 34.6 Å². The molecule has 2 atom stereocenters. The van der Waals surface area contributed by atoms with Crippen molar-refractivity contribution in [3.8, 4) is 0 Å². The predicted octanol–water partition coefficient (Wildman–Crippen LogP) is 2.94. The third-order valence-electron chi connectivity index (χ3n) is 4.51. The van der Waals surface area contributed by atoms with Gasteiger partial charge in [0, 0.05) is 28.6 Å². The van der Waals surface area contributed by atoms with Crippen molar-refractivity contribution in [2.75, 3.05) is 0 Å². The first kappa shape index (κ1) is 15.6. The van der Waals surface area contributed by atoms with Gasteiger partial charge in [0.1, 0.15) is 5.82 Å². The maximum atomic E-state index is 13.8. The topological polar surface area (TPSA) is 61.4 Å². The molecule has 22 heavy (non-hydrogen) atoms. The number of rotatable bonds is 3. The lowest BCUT2D eigenvalue weighted by Crippen LogP contribution is -2.45. The molecule has 1 aromatic rings. The SMILES string of the molecule is O=C(NC1CCC(O)CC1)NC1CC1c1c(F)cccc1Cl. The molecule has 3 rings (SSSR count). The number of aliphatic hydroxyl groups excluding tert-OH is 1. The second-order valence-electron chi connectivity index (χ2n) is 6.21. The minimum atomic E-state index is -0.316. The average molecular weight is 327 g/mol. The Bertz CT molecular complexity index is 541. The molecule has 2 aliphatic carbocycles. The largest absolute Gasteiger partial charge is 0.393 e. The van der Waals surface area contributed by atoms with Gasteiger partial charge in [-0.25, -0.2) is 9.18 Å². The van der Waals surface area contributed by atoms with Crippen molar-refractivity contribution in [3.63, 3.8) is 0 Å². The smallest absolute Gasteiger partial charge is 0.315 e. The summed E-state index contributed by atoms with van der Waals surface area (Å²) in [4.78, 5) is 12.0. The molecule has 0 aromatic heterocycles. The second-order valence-corrected chi connectivity index (χ2v) is 6.61. The number of nitrogens with one attached hydrogen (secondary N) is 2. The van der Waals surface area contributed by atoms with Crippen LogP contribution in [0.1, 0.15) is 43.6 Å². The first-order chi connectivity index (χ1) is 10.5. The van der Waals surface area contributed by atoms with Crippen molar-refractivity contribution in [2.45, 2.75) is 56.2 Å². The summed E-state index contributed by atoms with van der Waals surface area (Å²) < 4.78 is 13.8. The molecule has 0 heterocycles. The van der Waals surface area contributed by atoms with Crippen LogP contribution in [0.15, 0.2) is 18.2 Å². The summed E-state index contributed by atoms with van der Waals surface area (Å²) in [5.74, 6) is -0.365. The number of benzene rings is 1. The number of amides is 2. The molecule has 0 radical (unpaired) electrons. The molecule has 0 saturated heterocycles. The van der Waals surface area contributed by atoms with Gasteiger partial charge in [-0.3, -0.25) is 0 Å². The van der Waals surface area contributed by atoms with Crippen molar-refractivity contribution in [1.82, 2.24) is 10.6 Å². The number of halogens is 2. The molecule has 2 unspecified atom stereocenters. The molecule has 6 heteroatoms. The monoisotopic (exact) mass is 326 g/mol. The first-order valence-corrected chi connectivity index (χ1v) is 8.11. The molecule has 0 aliphatic heterocycles. The van der Waals surface area contributed by atoms with E-state index in [2.05, 4.69) is 10.6 Å². The van der Waals surface area contributed by atoms with Gasteiger partial charge in [0.25, 0.3) is 0 Å². The highest BCUT2D eigenvalue weighted by molar-refractivity contribution is 6.31. The van der Waals surface area contributed by atoms with Gasteiger partial charge in [0.2, 0.25) is 0 Å². The van der Waals surface area contributed by atoms with E-state index in [4.69, 9.17) is 11.6 Å². The fourth-order valence-corrected chi connectivity index (χ4v) is 3.46. The van der Waals surface area contributed by atoms with E-state index in [1.165, 1.54) is 6.07 Å². The Labute approximate surface area is 134 Å². The zero-order chi connectivity index (χ0) is 15.7. The van der Waals surface area contributed by atoms with E-state index in [0.29, 0.717) is 17.0 Å². The zero-order valence-electron chi connectivity index (χ0n) is 12.2. The van der Waals surface area contributed by atoms with E-state index in [1.54, 1.807) is 12.1 Å². The van der Waals surface area contributed by atoms with E-state index in [1.807, 2.05) is 0 Å². The van der Waals surface area contributed by atoms with Gasteiger partial charge in [-0.05, 0) is 44.2 Å². The Morgan fingerprint density at radius 2 is 1.95 bits per heavy atom. The molecule has 120 valence electrons. The van der Waals surface area contributed by atoms with E-state index >= 15 is 0 Å². The highest BCUT2D eigenvalue weighted by Gasteiger charge is 2.42. The molecule has 0 spiro atoms. The summed E-state index contributed by atoms with van der Waals surface area (Å²) in [7, 11) is 0. The Morgan fingerprint density at radius 1 is 1.23 bits per heavy atom. The van der Waals surface area contributed by atoms with Gasteiger partial charge in [0.15, 0.2) is 0 Å². The number of carbonyl (C=O) groups excluding carboxylic acids is 1. The van der Waals surface area contributed by atoms with E-state index in [0.717, 1.165) is 25.7 Å². The van der Waals surface area contributed by atoms with Crippen LogP contribution in [0.5, 0.6) is 0 Å². The van der Waals surface area contributed by atoms with Gasteiger partial charge in [-0.15, -0.1) is 0 Å². The maximum Gasteiger partial charge on any atom is 0.315 e. The summed E-state index contributed by atoms with van der Waals surface area (Å²) in [6, 6.07) is 4.46. The zero-order valence-corrected chi connectivity index (χ0v) is 12.9. The summed E-state index contributed by atoms with van der Waals surface area (Å²) in [5, 5.41) is 15.7. The summed E-state index contributed by atoms with van der Waals surface area (Å²) >= 11 is 6.04. The van der Waals surface area contributed by atoms with Gasteiger partial charge in [0.05, 0.1) is 6.10 Å². The minimum absolute atomic E-state index is 0.0485. The normalized spacial score (nSPS) is 30.7. The van der Waals surface area contributed by atoms with Crippen molar-refractivity contribution in [2.24, 2.45) is 0 Å². The third-order valence-corrected chi connectivity index (χ3v) is 4.84. The van der Waals surface area contributed by atoms with Gasteiger partial charge in [-0.1, -0.05) is 17.7 Å². The van der Waals surface area contributed by atoms with Gasteiger partial charge >= 0.3 is 6.03 Å². The molecule has 2 amide bonds. The number of hydrogen-bond acceptors (Lipinski definition) is 2. The molecular formula is C16H20ClFN2O2. The molecule has 0 bridgehead atoms. The average Bonchev–Trinajstić information content (AvgIpc) is 3.20. The molecule has 2 saturated carbocycles. The first-order valence-electron chi connectivity index (χ1n) is 7.73. The van der Waals surface area contributed by atoms with Gasteiger partial charge in [-0.2, -0.15) is 0 Å². The third kappa shape index (κ3) is 3.52. The van der Waals surface area contributed by atoms with Crippen molar-refractivity contribution >= 4 is 17.6 Å². The molecule has 2 aliphatic rings. The summed E-state index contributed by atoms with van der Waals surface area (Å²) in [6.07, 6.45) is 3.50. The van der Waals surface area contributed by atoms with Crippen LogP contribution < -0.4 is 10.6 Å². The fraction of sp³-hybridized carbons (Fsp3) is 0.562. The van der Waals surface area contributed by atoms with Crippen LogP contribution in [0.3, 0.4) is 0 Å². The Balaban J connectivity index is 1.50. The fourth-order valence-electron chi connectivity index (χ4n) is 3.15. The maximum absolute atomic E-state index is 13.8. The summed E-state index contributed by atoms with van der Waals surface area (Å²) in [5.41, 5.74) is 0.496. The lowest BCUT2D eigenvalue weighted by molar-refractivity contribution is 0.117. The molecular weight excluding hydrogens is 307 g/mol. The predicted molar refractivity (Wildman–Crippen MR) is 82.5 cm³/mol. The number of carbonyl (C=O) groups is 1. The van der Waals surface area contributed by atoms with Crippen LogP contribution in [-0.2, 0) is 0 Å². The van der Waals surface area contributed by atoms with Gasteiger partial charge < -0.3 is 15.7 Å². The van der Waals surface area contributed by atoms with Crippen LogP contribution in [0, 0.1) is 5.82 Å². The Morgan fingerprint density at radius 3 is 2.64 bits per heavy atom. The molecule has 1 aromatic carbocycles. The van der Waals surface area contributed by atoms with Crippen LogP contribution in [-0.4, -0.2) is 29.3 Å². The molecule has 4 nitrogen and oxygen atoms in total. The number of hydrogen-bond donors (Lipinski definition) is 3. The van der Waals surface area contributed by atoms with Crippen LogP contribution in [0.4, 0.5) is 9.18 Å². The van der Waals surface area contributed by atoms with E-state index in [9.17, 15) is 14.3 Å². The molecule has 3 N–H and O–H groups in total. The second kappa shape index (κ2) is 6.42. The number of urea groups is 1. The lowest BCUT2D eigenvalue weighted by Gasteiger charge is -2.26. The van der Waals surface area contributed by atoms with Crippen LogP contribution >= 0.6 is 11.6 Å². The number of aliphatic hydroxyl groups is 1. The van der Waals surface area contributed by atoms with E-state index < -0.39 is 0 Å². The Hall–Kier alpha value is -1.33. The van der Waals surface area contributed by atoms with Crippen LogP contribution in [0.25, 0.3) is 0 Å². The Kier molecular flexibility index (Phi) is 4.54. The standard InChI is InChI=1S/C16H20ClFN2O2/c17-12-2-1-3-13(18)15(12)11-8-14(11)20-16(22)19-9-4-6-10(21)7-5-9/h1-3,9-11,14,21H,4-8H2,(H2,19,20,22). The van der Waals surface area contributed by atoms with Crippen molar-refractivity contribution < 1.29 is 14.3 Å². The minimum Gasteiger partial charge on any atom is -0.393 e. The van der Waals surface area contributed by atoms with E-state index in [-0.39, 0.29) is 36.0 Å². The highest BCUT2D eigenvalue weighted by atomic mass is 35.5.